The number of alkyl halides is 3. The van der Waals surface area contributed by atoms with Gasteiger partial charge < -0.3 is 20.6 Å². The molecule has 2 rings (SSSR count). The second-order valence-corrected chi connectivity index (χ2v) is 8.01. The van der Waals surface area contributed by atoms with E-state index in [2.05, 4.69) is 0 Å². The smallest absolute Gasteiger partial charge is 0.471 e. The number of aliphatic hydroxyl groups excluding tert-OH is 1. The zero-order valence-electron chi connectivity index (χ0n) is 13.4. The molecule has 27 heavy (non-hydrogen) atoms. The maximum absolute atomic E-state index is 12.3. The Hall–Kier alpha value is -1.93. The highest BCUT2D eigenvalue weighted by molar-refractivity contribution is 8.22. The molecule has 4 N–H and O–H groups in total. The van der Waals surface area contributed by atoms with Crippen LogP contribution in [0.25, 0.3) is 0 Å². The molecule has 9 nitrogen and oxygen atoms in total. The molecule has 14 heteroatoms. The number of carboxylic acids is 2. The van der Waals surface area contributed by atoms with Gasteiger partial charge in [0.2, 0.25) is 5.91 Å². The van der Waals surface area contributed by atoms with Crippen LogP contribution in [0.4, 0.5) is 13.2 Å². The Morgan fingerprint density at radius 1 is 1.33 bits per heavy atom. The number of β-lactam (4-membered cyclic amide) rings is 1. The number of carboxylic acid groups (broad SMARTS) is 2. The second kappa shape index (κ2) is 7.59. The molecule has 0 saturated carbocycles. The van der Waals surface area contributed by atoms with Crippen molar-refractivity contribution in [2.75, 3.05) is 5.75 Å². The number of amides is 2. The van der Waals surface area contributed by atoms with Gasteiger partial charge in [0.15, 0.2) is 5.70 Å². The third kappa shape index (κ3) is 4.16. The summed E-state index contributed by atoms with van der Waals surface area (Å²) < 4.78 is 36.9. The molecule has 0 aromatic rings. The third-order valence-electron chi connectivity index (χ3n) is 3.71. The zero-order valence-corrected chi connectivity index (χ0v) is 15.0. The van der Waals surface area contributed by atoms with Crippen LogP contribution in [0.2, 0.25) is 0 Å². The normalized spacial score (nSPS) is 24.2. The minimum Gasteiger partial charge on any atom is -0.480 e. The molecular weight excluding hydrogens is 417 g/mol. The average Bonchev–Trinajstić information content (AvgIpc) is 2.83. The maximum atomic E-state index is 12.3. The van der Waals surface area contributed by atoms with Crippen molar-refractivity contribution < 1.29 is 47.7 Å². The molecule has 2 amide bonds. The summed E-state index contributed by atoms with van der Waals surface area (Å²) in [5.74, 6) is -7.70. The van der Waals surface area contributed by atoms with E-state index in [4.69, 9.17) is 5.11 Å². The van der Waals surface area contributed by atoms with Crippen molar-refractivity contribution >= 4 is 47.3 Å². The lowest BCUT2D eigenvalue weighted by Gasteiger charge is -2.43. The predicted octanol–water partition coefficient (Wildman–Crippen LogP) is 0.0171. The quantitative estimate of drug-likeness (QED) is 0.411. The number of aliphatic carboxylic acids is 2. The Morgan fingerprint density at radius 2 is 1.93 bits per heavy atom. The van der Waals surface area contributed by atoms with Crippen LogP contribution in [-0.2, 0) is 19.2 Å². The molecule has 0 aromatic heterocycles. The molecule has 0 radical (unpaired) electrons. The number of hydrogen-bond acceptors (Lipinski definition) is 7. The molecule has 2 heterocycles. The highest BCUT2D eigenvalue weighted by atomic mass is 32.2. The first-order valence-corrected chi connectivity index (χ1v) is 9.11. The second-order valence-electron chi connectivity index (χ2n) is 5.60. The number of hydrogen-bond donors (Lipinski definition) is 4. The summed E-state index contributed by atoms with van der Waals surface area (Å²) in [6, 6.07) is -1.93. The Labute approximate surface area is 157 Å². The fourth-order valence-corrected chi connectivity index (χ4v) is 5.38. The van der Waals surface area contributed by atoms with Crippen molar-refractivity contribution in [1.29, 1.82) is 0 Å². The van der Waals surface area contributed by atoms with E-state index in [1.54, 1.807) is 0 Å². The fraction of sp³-hybridized carbons (Fsp3) is 0.538. The van der Waals surface area contributed by atoms with Gasteiger partial charge in [-0.05, 0) is 6.92 Å². The number of carbonyl (C=O) groups excluding carboxylic acids is 2. The summed E-state index contributed by atoms with van der Waals surface area (Å²) in [4.78, 5) is 46.4. The summed E-state index contributed by atoms with van der Waals surface area (Å²) in [7, 11) is 0. The van der Waals surface area contributed by atoms with Crippen LogP contribution in [0.15, 0.2) is 9.93 Å². The van der Waals surface area contributed by atoms with E-state index in [1.165, 1.54) is 12.2 Å². The summed E-state index contributed by atoms with van der Waals surface area (Å²) >= 11 is 1.49. The molecule has 2 aliphatic rings. The number of fused-ring (bicyclic) bond motifs is 1. The molecular formula is C13H13F3N2O7S2. The van der Waals surface area contributed by atoms with Gasteiger partial charge in [-0.25, -0.2) is 9.59 Å². The zero-order chi connectivity index (χ0) is 20.7. The van der Waals surface area contributed by atoms with Crippen molar-refractivity contribution in [3.05, 3.63) is 9.93 Å². The van der Waals surface area contributed by atoms with Crippen molar-refractivity contribution in [3.63, 3.8) is 0 Å². The maximum Gasteiger partial charge on any atom is 0.471 e. The molecule has 1 saturated heterocycles. The van der Waals surface area contributed by atoms with Gasteiger partial charge in [0.1, 0.15) is 11.4 Å². The first-order chi connectivity index (χ1) is 12.4. The molecule has 0 aliphatic carbocycles. The summed E-state index contributed by atoms with van der Waals surface area (Å²) in [5.41, 5.74) is -0.428. The molecule has 150 valence electrons. The number of nitrogens with zero attached hydrogens (tertiary/aromatic N) is 1. The number of thioether (sulfide) groups is 2. The van der Waals surface area contributed by atoms with Gasteiger partial charge in [-0.1, -0.05) is 11.8 Å². The first kappa shape index (κ1) is 21.4. The lowest BCUT2D eigenvalue weighted by Crippen LogP contribution is -2.60. The van der Waals surface area contributed by atoms with E-state index in [1.807, 2.05) is 0 Å². The van der Waals surface area contributed by atoms with Gasteiger partial charge in [0.25, 0.3) is 0 Å². The Balaban J connectivity index is 2.13. The first-order valence-electron chi connectivity index (χ1n) is 7.25. The molecule has 0 aromatic carbocycles. The van der Waals surface area contributed by atoms with Crippen molar-refractivity contribution in [1.82, 2.24) is 10.2 Å². The Morgan fingerprint density at radius 3 is 2.37 bits per heavy atom. The molecule has 1 fully saturated rings. The fourth-order valence-electron chi connectivity index (χ4n) is 2.42. The van der Waals surface area contributed by atoms with Crippen LogP contribution in [-0.4, -0.2) is 73.4 Å². The van der Waals surface area contributed by atoms with Crippen LogP contribution in [0.3, 0.4) is 0 Å². The van der Waals surface area contributed by atoms with Crippen LogP contribution in [0, 0.1) is 5.92 Å². The molecule has 0 bridgehead atoms. The van der Waals surface area contributed by atoms with Gasteiger partial charge >= 0.3 is 24.0 Å². The number of carbonyl (C=O) groups is 4. The minimum absolute atomic E-state index is 0.0107. The number of aliphatic hydroxyl groups is 1. The number of halogens is 3. The highest BCUT2D eigenvalue weighted by Gasteiger charge is 2.57. The van der Waals surface area contributed by atoms with E-state index in [-0.39, 0.29) is 4.24 Å². The minimum atomic E-state index is -5.27. The molecule has 0 spiro atoms. The number of rotatable bonds is 7. The van der Waals surface area contributed by atoms with Gasteiger partial charge in [0, 0.05) is 5.75 Å². The molecule has 2 aliphatic heterocycles. The van der Waals surface area contributed by atoms with Crippen LogP contribution in [0.5, 0.6) is 0 Å². The van der Waals surface area contributed by atoms with Crippen LogP contribution >= 0.6 is 23.5 Å². The van der Waals surface area contributed by atoms with E-state index in [9.17, 15) is 42.6 Å². The van der Waals surface area contributed by atoms with Gasteiger partial charge in [-0.15, -0.1) is 11.8 Å². The van der Waals surface area contributed by atoms with E-state index in [0.717, 1.165) is 16.7 Å². The summed E-state index contributed by atoms with van der Waals surface area (Å²) in [6.45, 7) is 1.36. The Kier molecular flexibility index (Phi) is 6.01. The predicted molar refractivity (Wildman–Crippen MR) is 86.1 cm³/mol. The van der Waals surface area contributed by atoms with Crippen molar-refractivity contribution in [2.24, 2.45) is 5.92 Å². The lowest BCUT2D eigenvalue weighted by molar-refractivity contribution is -0.175. The van der Waals surface area contributed by atoms with E-state index in [0.29, 0.717) is 11.8 Å². The SMILES string of the molecule is CC(O)[C@H]1C(=O)N2C(C(=O)O)=C(SC[C@@H](NC(=O)C(F)(F)F)C(=O)O)S[C@H]12. The summed E-state index contributed by atoms with van der Waals surface area (Å²) in [5, 5.41) is 28.5. The van der Waals surface area contributed by atoms with E-state index >= 15 is 0 Å². The largest absolute Gasteiger partial charge is 0.480 e. The lowest BCUT2D eigenvalue weighted by atomic mass is 9.92. The van der Waals surface area contributed by atoms with Crippen LogP contribution in [0.1, 0.15) is 6.92 Å². The monoisotopic (exact) mass is 430 g/mol. The average molecular weight is 430 g/mol. The number of nitrogens with one attached hydrogen (secondary N) is 1. The third-order valence-corrected chi connectivity index (χ3v) is 6.46. The van der Waals surface area contributed by atoms with Crippen molar-refractivity contribution in [3.8, 4) is 0 Å². The van der Waals surface area contributed by atoms with Gasteiger partial charge in [0.05, 0.1) is 16.3 Å². The van der Waals surface area contributed by atoms with E-state index < -0.39 is 64.8 Å². The Bertz CT molecular complexity index is 725. The van der Waals surface area contributed by atoms with Gasteiger partial charge in [-0.2, -0.15) is 13.2 Å². The standard InChI is InChI=1S/C13H13F3N2O7S2/c1-3(19)5-7(20)18-6(10(23)24)11(27-8(5)18)26-2-4(9(21)22)17-12(25)13(14,15)16/h3-5,8,19H,2H2,1H3,(H,17,25)(H,21,22)(H,23,24)/t3?,4-,5+,8-/m1/s1. The van der Waals surface area contributed by atoms with Gasteiger partial charge in [-0.3, -0.25) is 14.5 Å². The van der Waals surface area contributed by atoms with Crippen molar-refractivity contribution in [2.45, 2.75) is 30.6 Å². The molecule has 1 unspecified atom stereocenters. The van der Waals surface area contributed by atoms with Crippen LogP contribution < -0.4 is 5.32 Å². The molecule has 4 atom stereocenters. The topological polar surface area (TPSA) is 144 Å². The highest BCUT2D eigenvalue weighted by Crippen LogP contribution is 2.53. The summed E-state index contributed by atoms with van der Waals surface area (Å²) in [6.07, 6.45) is -6.31.